The zero-order valence-electron chi connectivity index (χ0n) is 49.7. The van der Waals surface area contributed by atoms with Crippen LogP contribution >= 0.6 is 66.1 Å². The molecular formula is C33H63BrCl2N13Na3O36P2S3. The molecule has 2 rings (SSSR count). The Morgan fingerprint density at radius 2 is 0.935 bits per heavy atom. The average molecular weight is 1600 g/mol. The molecule has 60 heteroatoms. The van der Waals surface area contributed by atoms with Gasteiger partial charge in [0, 0.05) is 114 Å². The van der Waals surface area contributed by atoms with Gasteiger partial charge >= 0.3 is 88.7 Å². The van der Waals surface area contributed by atoms with Gasteiger partial charge < -0.3 is 67.0 Å². The van der Waals surface area contributed by atoms with Gasteiger partial charge in [0.15, 0.2) is 0 Å². The Balaban J connectivity index is -0.000000194. The molecule has 0 aliphatic carbocycles. The van der Waals surface area contributed by atoms with Gasteiger partial charge in [0.05, 0.1) is 19.0 Å². The summed E-state index contributed by atoms with van der Waals surface area (Å²) in [5.41, 5.74) is 0. The number of halogens is 3. The van der Waals surface area contributed by atoms with Gasteiger partial charge in [-0.25, -0.2) is 0 Å². The summed E-state index contributed by atoms with van der Waals surface area (Å²) in [6.45, 7) is 6.99. The third-order valence-corrected chi connectivity index (χ3v) is 15.2. The first-order valence-corrected chi connectivity index (χ1v) is 34.2. The molecule has 528 valence electrons. The van der Waals surface area contributed by atoms with E-state index in [1.165, 1.54) is 6.92 Å². The summed E-state index contributed by atoms with van der Waals surface area (Å²) in [6.07, 6.45) is -5.58. The standard InChI is InChI=1S/C9H18N4O9S.C8H17N3O6S.C5H11ClNO6P.C4H7BrN2O6.C4H6N2O3S.C3H7ClNO6P.3Na/c14-12(15)21-6-5-10-1-3-11(4-2-10)7-9(22-13(16)17)8-23(18,19)20;12-11(13)17-7-5-9-1-3-10(4-2-9)6-8-18(14,15)16;1-2-12-14(10,11)4-5(3-6)13-7(8)9;5-2-1-4(13-7(10)11)3-12-6(8)9;5-4-10-3-1-2-9-6(7)8;4-1-3(11-5(6)7)2-12(8,9)10;;;/h9H,1-8H2,(H,18,19,20);1-8H2,(H,14,15,16);5H,2-4H2,1H3,(H,10,11);4H,1-3H2;1-3H2;3H,1-2H2,(H2,8,9,10);;;/q;;;;;;3*+1/p-3. The summed E-state index contributed by atoms with van der Waals surface area (Å²) in [4.78, 5) is 150. The fourth-order valence-electron chi connectivity index (χ4n) is 6.01. The van der Waals surface area contributed by atoms with Crippen molar-refractivity contribution in [3.63, 3.8) is 0 Å². The average Bonchev–Trinajstić information content (AvgIpc) is 1.98. The van der Waals surface area contributed by atoms with Crippen molar-refractivity contribution in [1.82, 2.24) is 19.6 Å². The number of piperazine rings is 2. The van der Waals surface area contributed by atoms with Crippen molar-refractivity contribution in [3.05, 3.63) is 80.9 Å². The second kappa shape index (κ2) is 60.6. The Hall–Kier alpha value is -2.54. The third-order valence-electron chi connectivity index (χ3n) is 9.58. The van der Waals surface area contributed by atoms with Crippen LogP contribution in [0.2, 0.25) is 0 Å². The van der Waals surface area contributed by atoms with E-state index >= 15 is 0 Å². The van der Waals surface area contributed by atoms with Crippen LogP contribution in [0.1, 0.15) is 19.8 Å². The molecule has 0 aromatic heterocycles. The number of thioether (sulfide) groups is 1. The van der Waals surface area contributed by atoms with E-state index in [0.717, 1.165) is 11.8 Å². The molecule has 0 radical (unpaired) electrons. The van der Waals surface area contributed by atoms with E-state index in [1.54, 1.807) is 4.90 Å². The number of nitriles is 1. The molecule has 2 aliphatic heterocycles. The molecule has 2 aliphatic rings. The Morgan fingerprint density at radius 1 is 0.570 bits per heavy atom. The quantitative estimate of drug-likeness (QED) is 0.00839. The van der Waals surface area contributed by atoms with Crippen LogP contribution in [0.5, 0.6) is 0 Å². The summed E-state index contributed by atoms with van der Waals surface area (Å²) < 4.78 is 85.8. The molecule has 0 amide bonds. The predicted molar refractivity (Wildman–Crippen MR) is 297 cm³/mol. The van der Waals surface area contributed by atoms with E-state index < -0.39 is 131 Å². The number of thiocyanates is 1. The van der Waals surface area contributed by atoms with Gasteiger partial charge in [0.2, 0.25) is 0 Å². The van der Waals surface area contributed by atoms with Crippen molar-refractivity contribution in [2.24, 2.45) is 0 Å². The van der Waals surface area contributed by atoms with Crippen molar-refractivity contribution < 1.29 is 222 Å². The monoisotopic (exact) mass is 1590 g/mol. The smallest absolute Gasteiger partial charge is 0.811 e. The molecule has 0 aromatic carbocycles. The van der Waals surface area contributed by atoms with Crippen LogP contribution in [0.15, 0.2) is 0 Å². The van der Waals surface area contributed by atoms with Gasteiger partial charge in [-0.2, -0.15) is 22.1 Å². The van der Waals surface area contributed by atoms with Crippen LogP contribution in [0.25, 0.3) is 0 Å². The number of hydrogen-bond acceptors (Lipinski definition) is 40. The molecule has 2 saturated heterocycles. The van der Waals surface area contributed by atoms with E-state index in [4.69, 9.17) is 37.6 Å². The van der Waals surface area contributed by atoms with Crippen molar-refractivity contribution >= 4 is 86.3 Å². The van der Waals surface area contributed by atoms with Crippen molar-refractivity contribution in [2.75, 3.05) is 158 Å². The van der Waals surface area contributed by atoms with Crippen molar-refractivity contribution in [2.45, 2.75) is 44.2 Å². The topological polar surface area (TPSA) is 677 Å². The maximum atomic E-state index is 11.0. The molecule has 5 atom stereocenters. The Kier molecular flexibility index (Phi) is 67.7. The molecule has 0 aromatic rings. The van der Waals surface area contributed by atoms with Gasteiger partial charge in [-0.15, -0.1) is 104 Å². The summed E-state index contributed by atoms with van der Waals surface area (Å²) in [7, 11) is -17.2. The van der Waals surface area contributed by atoms with Gasteiger partial charge in [0.25, 0.3) is 60.9 Å². The van der Waals surface area contributed by atoms with E-state index in [0.29, 0.717) is 89.5 Å². The summed E-state index contributed by atoms with van der Waals surface area (Å²) in [6, 6.07) is 0. The Labute approximate surface area is 616 Å². The van der Waals surface area contributed by atoms with Crippen molar-refractivity contribution in [3.8, 4) is 5.40 Å². The Bertz CT molecular complexity index is 2500. The largest absolute Gasteiger partial charge is 1.00 e. The molecule has 49 nitrogen and oxygen atoms in total. The summed E-state index contributed by atoms with van der Waals surface area (Å²) >= 11 is 14.4. The van der Waals surface area contributed by atoms with Crippen LogP contribution in [0, 0.1) is 91.6 Å². The Morgan fingerprint density at radius 3 is 1.27 bits per heavy atom. The second-order valence-corrected chi connectivity index (χ2v) is 25.2. The van der Waals surface area contributed by atoms with Gasteiger partial charge in [-0.05, 0) is 31.5 Å². The number of nitrogens with zero attached hydrogens (tertiary/aromatic N) is 13. The fourth-order valence-corrected chi connectivity index (χ4v) is 10.5. The van der Waals surface area contributed by atoms with Crippen molar-refractivity contribution in [1.29, 1.82) is 5.26 Å². The van der Waals surface area contributed by atoms with Gasteiger partial charge in [0.1, 0.15) is 63.0 Å². The second-order valence-electron chi connectivity index (χ2n) is 16.4. The zero-order valence-corrected chi connectivity index (χ0v) is 63.1. The molecule has 2 fully saturated rings. The number of rotatable bonds is 41. The number of alkyl halides is 3. The van der Waals surface area contributed by atoms with Crippen LogP contribution in [-0.2, 0) is 72.6 Å². The molecule has 2 heterocycles. The molecule has 0 bridgehead atoms. The van der Waals surface area contributed by atoms with E-state index in [2.05, 4.69) is 59.2 Å². The fraction of sp³-hybridized carbons (Fsp3) is 0.970. The molecule has 2 N–H and O–H groups in total. The first kappa shape index (κ1) is 104. The summed E-state index contributed by atoms with van der Waals surface area (Å²) in [5.74, 6) is -1.28. The van der Waals surface area contributed by atoms with Crippen LogP contribution in [-0.4, -0.2) is 269 Å². The SMILES string of the molecule is CCOP(=O)([O-])CC(CCl)O[N+](=O)[O-].N#CSCCCO[N+](=O)[O-].O=[N+]([O-])OC(CCl)CP(=O)([O-])[O-].O=[N+]([O-])OCC(CCBr)O[N+](=O)[O-].O=[N+]([O-])OCCN1CCN(CC(CS(=O)(=O)O)O[N+](=O)[O-])CC1.O=[N+]([O-])OCCN1CCN(CCS(=O)(=O)O)CC1.[Na+].[Na+].[Na+]. The first-order chi connectivity index (χ1) is 41.6. The van der Waals surface area contributed by atoms with E-state index in [9.17, 15) is 122 Å². The summed E-state index contributed by atoms with van der Waals surface area (Å²) in [5, 5.41) is 81.5. The van der Waals surface area contributed by atoms with Gasteiger partial charge in [-0.3, -0.25) is 28.7 Å². The van der Waals surface area contributed by atoms with Crippen LogP contribution in [0.3, 0.4) is 0 Å². The zero-order chi connectivity index (χ0) is 70.1. The van der Waals surface area contributed by atoms with Crippen LogP contribution in [0.4, 0.5) is 0 Å². The maximum Gasteiger partial charge on any atom is 1.00 e. The maximum absolute atomic E-state index is 11.0. The van der Waals surface area contributed by atoms with E-state index in [1.807, 2.05) is 20.1 Å². The third kappa shape index (κ3) is 78.3. The van der Waals surface area contributed by atoms with Gasteiger partial charge in [-0.1, -0.05) is 23.5 Å². The normalized spacial score (nSPS) is 15.1. The molecule has 93 heavy (non-hydrogen) atoms. The minimum Gasteiger partial charge on any atom is -0.811 e. The molecule has 5 unspecified atom stereocenters. The molecular weight excluding hydrogens is 1530 g/mol. The van der Waals surface area contributed by atoms with E-state index in [-0.39, 0.29) is 140 Å². The predicted octanol–water partition coefficient (Wildman–Crippen LogP) is -11.5. The number of hydrogen-bond donors (Lipinski definition) is 2. The minimum absolute atomic E-state index is 0. The minimum atomic E-state index is -4.81. The first-order valence-electron chi connectivity index (χ1n) is 24.4. The molecule has 0 saturated carbocycles. The molecule has 0 spiro atoms. The van der Waals surface area contributed by atoms with Crippen LogP contribution < -0.4 is 103 Å².